The van der Waals surface area contributed by atoms with Crippen molar-refractivity contribution in [3.8, 4) is 0 Å². The second kappa shape index (κ2) is 6.83. The third kappa shape index (κ3) is 3.90. The fraction of sp³-hybridized carbons (Fsp3) is 0.235. The average molecular weight is 321 g/mol. The highest BCUT2D eigenvalue weighted by atomic mass is 19.1. The Kier molecular flexibility index (Phi) is 4.62. The smallest absolute Gasteiger partial charge is 0.181 e. The number of hydrogen-bond donors (Lipinski definition) is 1. The van der Waals surface area contributed by atoms with Crippen molar-refractivity contribution in [2.75, 3.05) is 6.54 Å². The van der Waals surface area contributed by atoms with Gasteiger partial charge in [-0.3, -0.25) is 0 Å². The molecule has 0 spiro atoms. The summed E-state index contributed by atoms with van der Waals surface area (Å²) in [5.41, 5.74) is 1.85. The van der Waals surface area contributed by atoms with Gasteiger partial charge in [-0.1, -0.05) is 17.3 Å². The summed E-state index contributed by atoms with van der Waals surface area (Å²) in [4.78, 5) is 5.33. The van der Waals surface area contributed by atoms with E-state index < -0.39 is 11.6 Å². The lowest BCUT2D eigenvalue weighted by Crippen LogP contribution is -2.84. The van der Waals surface area contributed by atoms with Crippen molar-refractivity contribution < 1.29 is 23.3 Å². The summed E-state index contributed by atoms with van der Waals surface area (Å²) in [5.74, 6) is -1.45. The lowest BCUT2D eigenvalue weighted by molar-refractivity contribution is -0.676. The van der Waals surface area contributed by atoms with Gasteiger partial charge in [0, 0.05) is 23.6 Å². The van der Waals surface area contributed by atoms with Gasteiger partial charge in [0.2, 0.25) is 0 Å². The third-order valence-electron chi connectivity index (χ3n) is 3.70. The van der Waals surface area contributed by atoms with Crippen LogP contribution in [0.2, 0.25) is 0 Å². The van der Waals surface area contributed by atoms with Crippen LogP contribution in [-0.4, -0.2) is 18.4 Å². The Labute approximate surface area is 131 Å². The number of benzene rings is 2. The molecule has 0 saturated carbocycles. The summed E-state index contributed by atoms with van der Waals surface area (Å²) in [7, 11) is 0. The molecular formula is C17H16F3N2O+. The number of quaternary nitrogens is 1. The third-order valence-corrected chi connectivity index (χ3v) is 3.70. The van der Waals surface area contributed by atoms with Crippen LogP contribution in [-0.2, 0) is 11.4 Å². The van der Waals surface area contributed by atoms with Crippen LogP contribution in [0.25, 0.3) is 0 Å². The quantitative estimate of drug-likeness (QED) is 0.902. The standard InChI is InChI=1S/C17H15F3N2O/c18-13-3-1-2-11(6-13)17-8-15(23-22-17)10-21-9-12-4-5-14(19)7-16(12)20/h1-7,15,21H,8-10H2/p+1/t15-/m1/s1. The molecule has 0 amide bonds. The molecule has 0 saturated heterocycles. The minimum absolute atomic E-state index is 0.142. The van der Waals surface area contributed by atoms with Gasteiger partial charge in [-0.2, -0.15) is 0 Å². The Hall–Kier alpha value is -2.34. The first-order valence-corrected chi connectivity index (χ1v) is 7.36. The summed E-state index contributed by atoms with van der Waals surface area (Å²) in [6.07, 6.45) is 0.433. The molecule has 0 bridgehead atoms. The Bertz CT molecular complexity index is 734. The summed E-state index contributed by atoms with van der Waals surface area (Å²) >= 11 is 0. The van der Waals surface area contributed by atoms with Crippen LogP contribution in [0.4, 0.5) is 13.2 Å². The molecule has 23 heavy (non-hydrogen) atoms. The van der Waals surface area contributed by atoms with Crippen molar-refractivity contribution in [1.82, 2.24) is 0 Å². The number of oxime groups is 1. The summed E-state index contributed by atoms with van der Waals surface area (Å²) in [5, 5.41) is 5.87. The van der Waals surface area contributed by atoms with Gasteiger partial charge in [0.25, 0.3) is 0 Å². The summed E-state index contributed by atoms with van der Waals surface area (Å²) in [6.45, 7) is 0.973. The molecule has 0 fully saturated rings. The van der Waals surface area contributed by atoms with Crippen LogP contribution >= 0.6 is 0 Å². The van der Waals surface area contributed by atoms with Crippen LogP contribution in [0.5, 0.6) is 0 Å². The second-order valence-corrected chi connectivity index (χ2v) is 5.44. The van der Waals surface area contributed by atoms with Crippen molar-refractivity contribution in [3.05, 3.63) is 71.0 Å². The van der Waals surface area contributed by atoms with Crippen LogP contribution in [0, 0.1) is 17.5 Å². The van der Waals surface area contributed by atoms with E-state index in [-0.39, 0.29) is 11.9 Å². The van der Waals surface area contributed by atoms with Gasteiger partial charge < -0.3 is 10.2 Å². The molecule has 1 atom stereocenters. The maximum absolute atomic E-state index is 13.5. The highest BCUT2D eigenvalue weighted by Gasteiger charge is 2.23. The van der Waals surface area contributed by atoms with E-state index in [1.54, 1.807) is 12.1 Å². The molecule has 2 aromatic carbocycles. The maximum Gasteiger partial charge on any atom is 0.181 e. The van der Waals surface area contributed by atoms with Crippen molar-refractivity contribution in [1.29, 1.82) is 0 Å². The minimum Gasteiger partial charge on any atom is -0.386 e. The number of rotatable bonds is 5. The number of nitrogens with two attached hydrogens (primary N) is 1. The van der Waals surface area contributed by atoms with E-state index in [4.69, 9.17) is 4.84 Å². The Balaban J connectivity index is 1.50. The molecule has 0 unspecified atom stereocenters. The van der Waals surface area contributed by atoms with Crippen molar-refractivity contribution in [3.63, 3.8) is 0 Å². The molecule has 1 heterocycles. The van der Waals surface area contributed by atoms with E-state index in [1.807, 2.05) is 5.32 Å². The monoisotopic (exact) mass is 321 g/mol. The fourth-order valence-corrected chi connectivity index (χ4v) is 2.51. The molecule has 120 valence electrons. The van der Waals surface area contributed by atoms with Crippen molar-refractivity contribution in [2.45, 2.75) is 19.1 Å². The van der Waals surface area contributed by atoms with Crippen LogP contribution in [0.15, 0.2) is 47.6 Å². The van der Waals surface area contributed by atoms with Crippen molar-refractivity contribution >= 4 is 5.71 Å². The van der Waals surface area contributed by atoms with Gasteiger partial charge in [0.15, 0.2) is 6.10 Å². The SMILES string of the molecule is Fc1cccc(C2=NO[C@@H](C[NH2+]Cc3ccc(F)cc3F)C2)c1. The first-order valence-electron chi connectivity index (χ1n) is 7.36. The maximum atomic E-state index is 13.5. The van der Waals surface area contributed by atoms with Gasteiger partial charge in [0.05, 0.1) is 5.71 Å². The lowest BCUT2D eigenvalue weighted by atomic mass is 10.0. The molecule has 1 aliphatic heterocycles. The summed E-state index contributed by atoms with van der Waals surface area (Å²) in [6, 6.07) is 9.76. The highest BCUT2D eigenvalue weighted by Crippen LogP contribution is 2.16. The van der Waals surface area contributed by atoms with E-state index in [2.05, 4.69) is 5.16 Å². The molecule has 2 aromatic rings. The molecule has 1 aliphatic rings. The first kappa shape index (κ1) is 15.6. The zero-order valence-electron chi connectivity index (χ0n) is 12.3. The molecule has 0 aromatic heterocycles. The zero-order valence-corrected chi connectivity index (χ0v) is 12.3. The first-order chi connectivity index (χ1) is 11.1. The molecule has 6 heteroatoms. The van der Waals surface area contributed by atoms with Crippen LogP contribution in [0.3, 0.4) is 0 Å². The number of nitrogens with zero attached hydrogens (tertiary/aromatic N) is 1. The molecule has 2 N–H and O–H groups in total. The van der Waals surface area contributed by atoms with Crippen LogP contribution in [0.1, 0.15) is 17.5 Å². The molecule has 0 radical (unpaired) electrons. The van der Waals surface area contributed by atoms with Crippen LogP contribution < -0.4 is 5.32 Å². The molecule has 0 aliphatic carbocycles. The normalized spacial score (nSPS) is 17.0. The predicted molar refractivity (Wildman–Crippen MR) is 79.3 cm³/mol. The second-order valence-electron chi connectivity index (χ2n) is 5.44. The average Bonchev–Trinajstić information content (AvgIpc) is 2.98. The number of halogens is 3. The predicted octanol–water partition coefficient (Wildman–Crippen LogP) is 2.36. The topological polar surface area (TPSA) is 38.2 Å². The molecular weight excluding hydrogens is 305 g/mol. The van der Waals surface area contributed by atoms with Gasteiger partial charge in [-0.25, -0.2) is 13.2 Å². The van der Waals surface area contributed by atoms with Gasteiger partial charge in [0.1, 0.15) is 30.5 Å². The van der Waals surface area contributed by atoms with E-state index in [1.165, 1.54) is 24.3 Å². The zero-order chi connectivity index (χ0) is 16.2. The van der Waals surface area contributed by atoms with E-state index >= 15 is 0 Å². The molecule has 3 rings (SSSR count). The van der Waals surface area contributed by atoms with E-state index in [0.717, 1.165) is 6.07 Å². The van der Waals surface area contributed by atoms with Gasteiger partial charge in [-0.15, -0.1) is 0 Å². The Morgan fingerprint density at radius 1 is 1.09 bits per heavy atom. The Morgan fingerprint density at radius 2 is 1.91 bits per heavy atom. The largest absolute Gasteiger partial charge is 0.386 e. The van der Waals surface area contributed by atoms with Gasteiger partial charge >= 0.3 is 0 Å². The molecule has 3 nitrogen and oxygen atoms in total. The van der Waals surface area contributed by atoms with E-state index in [0.29, 0.717) is 36.3 Å². The fourth-order valence-electron chi connectivity index (χ4n) is 2.51. The Morgan fingerprint density at radius 3 is 2.70 bits per heavy atom. The van der Waals surface area contributed by atoms with E-state index in [9.17, 15) is 13.2 Å². The van der Waals surface area contributed by atoms with Gasteiger partial charge in [-0.05, 0) is 24.3 Å². The summed E-state index contributed by atoms with van der Waals surface area (Å²) < 4.78 is 39.6. The number of hydrogen-bond acceptors (Lipinski definition) is 2. The minimum atomic E-state index is -0.585. The highest BCUT2D eigenvalue weighted by molar-refractivity contribution is 6.01. The lowest BCUT2D eigenvalue weighted by Gasteiger charge is -2.07. The van der Waals surface area contributed by atoms with Crippen molar-refractivity contribution in [2.24, 2.45) is 5.16 Å².